The first-order chi connectivity index (χ1) is 11.7. The minimum Gasteiger partial charge on any atom is -0.363 e. The van der Waals surface area contributed by atoms with Crippen molar-refractivity contribution in [2.45, 2.75) is 0 Å². The van der Waals surface area contributed by atoms with Crippen LogP contribution in [-0.4, -0.2) is 26.7 Å². The van der Waals surface area contributed by atoms with E-state index in [0.717, 1.165) is 10.2 Å². The standard InChI is InChI=1S/C17H9N3O3S/c21-15(10-4-3-7-18-8-10)11-9-23-20-14(11)16(22)17-19-12-5-1-2-6-13(12)24-17/h1-9H. The Labute approximate surface area is 139 Å². The van der Waals surface area contributed by atoms with E-state index in [2.05, 4.69) is 15.1 Å². The highest BCUT2D eigenvalue weighted by atomic mass is 32.1. The first kappa shape index (κ1) is 14.4. The lowest BCUT2D eigenvalue weighted by Crippen LogP contribution is -2.10. The Balaban J connectivity index is 1.74. The van der Waals surface area contributed by atoms with E-state index in [0.29, 0.717) is 5.56 Å². The molecule has 4 rings (SSSR count). The summed E-state index contributed by atoms with van der Waals surface area (Å²) in [6.45, 7) is 0. The molecule has 1 aromatic carbocycles. The van der Waals surface area contributed by atoms with Crippen molar-refractivity contribution in [3.63, 3.8) is 0 Å². The number of ketones is 2. The van der Waals surface area contributed by atoms with Gasteiger partial charge in [-0.15, -0.1) is 11.3 Å². The second-order valence-electron chi connectivity index (χ2n) is 4.96. The Morgan fingerprint density at radius 2 is 1.92 bits per heavy atom. The molecule has 3 aromatic heterocycles. The number of carbonyl (C=O) groups is 2. The molecule has 0 saturated carbocycles. The molecule has 24 heavy (non-hydrogen) atoms. The minimum atomic E-state index is -0.433. The lowest BCUT2D eigenvalue weighted by molar-refractivity contribution is 0.1000. The zero-order valence-electron chi connectivity index (χ0n) is 12.2. The summed E-state index contributed by atoms with van der Waals surface area (Å²) in [5.74, 6) is -0.800. The third kappa shape index (κ3) is 2.40. The maximum absolute atomic E-state index is 12.7. The van der Waals surface area contributed by atoms with Crippen LogP contribution in [0, 0.1) is 0 Å². The molecule has 4 aromatic rings. The van der Waals surface area contributed by atoms with E-state index in [4.69, 9.17) is 4.52 Å². The summed E-state index contributed by atoms with van der Waals surface area (Å²) < 4.78 is 5.76. The number of carbonyl (C=O) groups excluding carboxylic acids is 2. The Morgan fingerprint density at radius 1 is 1.04 bits per heavy atom. The van der Waals surface area contributed by atoms with Gasteiger partial charge in [-0.05, 0) is 24.3 Å². The molecule has 3 heterocycles. The van der Waals surface area contributed by atoms with E-state index in [1.54, 1.807) is 18.3 Å². The third-order valence-corrected chi connectivity index (χ3v) is 4.48. The van der Waals surface area contributed by atoms with Gasteiger partial charge in [-0.2, -0.15) is 0 Å². The van der Waals surface area contributed by atoms with Crippen LogP contribution in [0.3, 0.4) is 0 Å². The van der Waals surface area contributed by atoms with Crippen LogP contribution in [0.1, 0.15) is 31.4 Å². The van der Waals surface area contributed by atoms with Crippen LogP contribution in [0.5, 0.6) is 0 Å². The van der Waals surface area contributed by atoms with Crippen molar-refractivity contribution >= 4 is 33.1 Å². The number of aromatic nitrogens is 3. The van der Waals surface area contributed by atoms with E-state index < -0.39 is 5.78 Å². The summed E-state index contributed by atoms with van der Waals surface area (Å²) in [7, 11) is 0. The quantitative estimate of drug-likeness (QED) is 0.533. The van der Waals surface area contributed by atoms with Crippen LogP contribution in [-0.2, 0) is 0 Å². The number of fused-ring (bicyclic) bond motifs is 1. The molecule has 6 nitrogen and oxygen atoms in total. The fraction of sp³-hybridized carbons (Fsp3) is 0. The highest BCUT2D eigenvalue weighted by Gasteiger charge is 2.26. The van der Waals surface area contributed by atoms with Gasteiger partial charge in [0.2, 0.25) is 5.78 Å². The van der Waals surface area contributed by atoms with Crippen molar-refractivity contribution in [2.75, 3.05) is 0 Å². The zero-order chi connectivity index (χ0) is 16.5. The monoisotopic (exact) mass is 335 g/mol. The Kier molecular flexibility index (Phi) is 3.47. The molecule has 0 atom stereocenters. The summed E-state index contributed by atoms with van der Waals surface area (Å²) in [5, 5.41) is 3.98. The average Bonchev–Trinajstić information content (AvgIpc) is 3.28. The molecule has 0 bridgehead atoms. The molecular weight excluding hydrogens is 326 g/mol. The SMILES string of the molecule is O=C(c1cccnc1)c1conc1C(=O)c1nc2ccccc2s1. The highest BCUT2D eigenvalue weighted by Crippen LogP contribution is 2.25. The molecule has 0 radical (unpaired) electrons. The molecule has 0 aliphatic heterocycles. The molecule has 116 valence electrons. The lowest BCUT2D eigenvalue weighted by Gasteiger charge is -1.98. The molecule has 0 saturated heterocycles. The summed E-state index contributed by atoms with van der Waals surface area (Å²) in [6.07, 6.45) is 4.18. The highest BCUT2D eigenvalue weighted by molar-refractivity contribution is 7.20. The van der Waals surface area contributed by atoms with E-state index in [9.17, 15) is 9.59 Å². The minimum absolute atomic E-state index is 0.0390. The molecular formula is C17H9N3O3S. The predicted molar refractivity (Wildman–Crippen MR) is 87.2 cm³/mol. The normalized spacial score (nSPS) is 10.8. The maximum Gasteiger partial charge on any atom is 0.244 e. The average molecular weight is 335 g/mol. The van der Waals surface area contributed by atoms with Crippen LogP contribution in [0.2, 0.25) is 0 Å². The van der Waals surface area contributed by atoms with Gasteiger partial charge in [0, 0.05) is 18.0 Å². The van der Waals surface area contributed by atoms with Crippen molar-refractivity contribution < 1.29 is 14.1 Å². The van der Waals surface area contributed by atoms with Gasteiger partial charge in [-0.1, -0.05) is 17.3 Å². The Morgan fingerprint density at radius 3 is 2.71 bits per heavy atom. The smallest absolute Gasteiger partial charge is 0.244 e. The number of nitrogens with zero attached hydrogens (tertiary/aromatic N) is 3. The Hall–Kier alpha value is -3.19. The topological polar surface area (TPSA) is 86.0 Å². The predicted octanol–water partition coefficient (Wildman–Crippen LogP) is 3.14. The van der Waals surface area contributed by atoms with Crippen LogP contribution >= 0.6 is 11.3 Å². The molecule has 0 aliphatic rings. The molecule has 0 spiro atoms. The van der Waals surface area contributed by atoms with Crippen molar-refractivity contribution in [3.8, 4) is 0 Å². The third-order valence-electron chi connectivity index (χ3n) is 3.44. The second-order valence-corrected chi connectivity index (χ2v) is 5.99. The zero-order valence-corrected chi connectivity index (χ0v) is 13.0. The maximum atomic E-state index is 12.7. The first-order valence-corrected chi connectivity index (χ1v) is 7.85. The van der Waals surface area contributed by atoms with Crippen molar-refractivity contribution in [3.05, 3.63) is 76.9 Å². The van der Waals surface area contributed by atoms with Gasteiger partial charge >= 0.3 is 0 Å². The largest absolute Gasteiger partial charge is 0.363 e. The van der Waals surface area contributed by atoms with Crippen molar-refractivity contribution in [2.24, 2.45) is 0 Å². The number of para-hydroxylation sites is 1. The van der Waals surface area contributed by atoms with E-state index in [1.807, 2.05) is 24.3 Å². The summed E-state index contributed by atoms with van der Waals surface area (Å²) >= 11 is 1.25. The number of pyridine rings is 1. The number of rotatable bonds is 4. The second kappa shape index (κ2) is 5.78. The van der Waals surface area contributed by atoms with Crippen LogP contribution in [0.4, 0.5) is 0 Å². The number of thiazole rings is 1. The molecule has 0 N–H and O–H groups in total. The fourth-order valence-corrected chi connectivity index (χ4v) is 3.19. The summed E-state index contributed by atoms with van der Waals surface area (Å²) in [6, 6.07) is 10.7. The number of hydrogen-bond acceptors (Lipinski definition) is 7. The molecule has 7 heteroatoms. The molecule has 0 amide bonds. The number of hydrogen-bond donors (Lipinski definition) is 0. The molecule has 0 fully saturated rings. The summed E-state index contributed by atoms with van der Waals surface area (Å²) in [4.78, 5) is 33.4. The molecule has 0 unspecified atom stereocenters. The van der Waals surface area contributed by atoms with Crippen molar-refractivity contribution in [1.82, 2.24) is 15.1 Å². The van der Waals surface area contributed by atoms with Gasteiger partial charge in [0.05, 0.1) is 15.8 Å². The van der Waals surface area contributed by atoms with Crippen LogP contribution < -0.4 is 0 Å². The summed E-state index contributed by atoms with van der Waals surface area (Å²) in [5.41, 5.74) is 1.16. The van der Waals surface area contributed by atoms with Crippen molar-refractivity contribution in [1.29, 1.82) is 0 Å². The van der Waals surface area contributed by atoms with Gasteiger partial charge < -0.3 is 4.52 Å². The van der Waals surface area contributed by atoms with Gasteiger partial charge in [-0.3, -0.25) is 14.6 Å². The van der Waals surface area contributed by atoms with E-state index in [1.165, 1.54) is 23.8 Å². The van der Waals surface area contributed by atoms with Gasteiger partial charge in [0.1, 0.15) is 6.26 Å². The first-order valence-electron chi connectivity index (χ1n) is 7.03. The Bertz CT molecular complexity index is 1020. The van der Waals surface area contributed by atoms with Gasteiger partial charge in [0.15, 0.2) is 16.5 Å². The lowest BCUT2D eigenvalue weighted by atomic mass is 10.0. The van der Waals surface area contributed by atoms with Gasteiger partial charge in [-0.25, -0.2) is 4.98 Å². The van der Waals surface area contributed by atoms with E-state index >= 15 is 0 Å². The fourth-order valence-electron chi connectivity index (χ4n) is 2.28. The number of benzene rings is 1. The van der Waals surface area contributed by atoms with E-state index in [-0.39, 0.29) is 22.0 Å². The molecule has 0 aliphatic carbocycles. The van der Waals surface area contributed by atoms with Crippen LogP contribution in [0.15, 0.2) is 59.6 Å². The van der Waals surface area contributed by atoms with Gasteiger partial charge in [0.25, 0.3) is 0 Å². The van der Waals surface area contributed by atoms with Crippen LogP contribution in [0.25, 0.3) is 10.2 Å².